The maximum absolute atomic E-state index is 5.52. The van der Waals surface area contributed by atoms with Gasteiger partial charge in [0.05, 0.1) is 13.7 Å². The third kappa shape index (κ3) is 5.04. The summed E-state index contributed by atoms with van der Waals surface area (Å²) >= 11 is 0. The van der Waals surface area contributed by atoms with Gasteiger partial charge >= 0.3 is 0 Å². The number of rotatable bonds is 7. The van der Waals surface area contributed by atoms with Crippen molar-refractivity contribution in [3.63, 3.8) is 0 Å². The highest BCUT2D eigenvalue weighted by Gasteiger charge is 2.19. The van der Waals surface area contributed by atoms with E-state index in [1.807, 2.05) is 19.1 Å². The molecule has 0 spiro atoms. The Hall–Kier alpha value is -1.22. The molecule has 1 rings (SSSR count). The number of benzene rings is 1. The Morgan fingerprint density at radius 2 is 1.90 bits per heavy atom. The van der Waals surface area contributed by atoms with Crippen LogP contribution in [0.5, 0.6) is 11.5 Å². The Balaban J connectivity index is 2.56. The molecular weight excluding hydrogens is 250 g/mol. The van der Waals surface area contributed by atoms with Crippen LogP contribution < -0.4 is 14.8 Å². The van der Waals surface area contributed by atoms with E-state index in [1.54, 1.807) is 7.11 Å². The summed E-state index contributed by atoms with van der Waals surface area (Å²) in [5.74, 6) is 2.24. The predicted octanol–water partition coefficient (Wildman–Crippen LogP) is 3.87. The summed E-state index contributed by atoms with van der Waals surface area (Å²) in [5, 5.41) is 3.51. The SMILES string of the molecule is CCOc1ccc(CNCC(C)C(C)(C)C)cc1OC. The van der Waals surface area contributed by atoms with Crippen LogP contribution in [0.15, 0.2) is 18.2 Å². The van der Waals surface area contributed by atoms with Gasteiger partial charge in [0, 0.05) is 6.54 Å². The fraction of sp³-hybridized carbons (Fsp3) is 0.647. The van der Waals surface area contributed by atoms with Crippen LogP contribution in [0.2, 0.25) is 0 Å². The van der Waals surface area contributed by atoms with Crippen LogP contribution in [0.4, 0.5) is 0 Å². The van der Waals surface area contributed by atoms with Gasteiger partial charge in [-0.3, -0.25) is 0 Å². The van der Waals surface area contributed by atoms with Crippen molar-refractivity contribution in [2.75, 3.05) is 20.3 Å². The van der Waals surface area contributed by atoms with Crippen molar-refractivity contribution < 1.29 is 9.47 Å². The topological polar surface area (TPSA) is 30.5 Å². The lowest BCUT2D eigenvalue weighted by atomic mass is 9.82. The number of methoxy groups -OCH3 is 1. The maximum atomic E-state index is 5.52. The number of hydrogen-bond donors (Lipinski definition) is 1. The van der Waals surface area contributed by atoms with Crippen molar-refractivity contribution in [1.82, 2.24) is 5.32 Å². The number of hydrogen-bond acceptors (Lipinski definition) is 3. The van der Waals surface area contributed by atoms with Crippen LogP contribution >= 0.6 is 0 Å². The fourth-order valence-electron chi connectivity index (χ4n) is 1.84. The highest BCUT2D eigenvalue weighted by molar-refractivity contribution is 5.42. The molecule has 0 amide bonds. The first-order chi connectivity index (χ1) is 9.38. The van der Waals surface area contributed by atoms with E-state index in [4.69, 9.17) is 9.47 Å². The zero-order chi connectivity index (χ0) is 15.2. The van der Waals surface area contributed by atoms with Gasteiger partial charge in [0.1, 0.15) is 0 Å². The van der Waals surface area contributed by atoms with Gasteiger partial charge in [0.25, 0.3) is 0 Å². The second kappa shape index (κ2) is 7.53. The van der Waals surface area contributed by atoms with Crippen molar-refractivity contribution in [2.45, 2.75) is 41.2 Å². The monoisotopic (exact) mass is 279 g/mol. The molecule has 1 atom stereocenters. The minimum absolute atomic E-state index is 0.337. The number of nitrogens with one attached hydrogen (secondary N) is 1. The van der Waals surface area contributed by atoms with E-state index in [1.165, 1.54) is 5.56 Å². The average molecular weight is 279 g/mol. The Bertz CT molecular complexity index is 410. The van der Waals surface area contributed by atoms with E-state index in [2.05, 4.69) is 39.1 Å². The van der Waals surface area contributed by atoms with Crippen LogP contribution in [0, 0.1) is 11.3 Å². The largest absolute Gasteiger partial charge is 0.493 e. The Labute approximate surface area is 123 Å². The molecule has 1 N–H and O–H groups in total. The van der Waals surface area contributed by atoms with Crippen LogP contribution in [0.3, 0.4) is 0 Å². The Morgan fingerprint density at radius 1 is 1.20 bits per heavy atom. The van der Waals surface area contributed by atoms with Crippen LogP contribution in [0.25, 0.3) is 0 Å². The smallest absolute Gasteiger partial charge is 0.161 e. The highest BCUT2D eigenvalue weighted by Crippen LogP contribution is 2.28. The zero-order valence-corrected chi connectivity index (χ0v) is 13.7. The van der Waals surface area contributed by atoms with E-state index < -0.39 is 0 Å². The molecule has 1 aromatic carbocycles. The lowest BCUT2D eigenvalue weighted by Gasteiger charge is -2.27. The van der Waals surface area contributed by atoms with E-state index in [-0.39, 0.29) is 0 Å². The summed E-state index contributed by atoms with van der Waals surface area (Å²) in [4.78, 5) is 0. The third-order valence-corrected chi connectivity index (χ3v) is 3.79. The van der Waals surface area contributed by atoms with Gasteiger partial charge in [0.2, 0.25) is 0 Å². The first-order valence-corrected chi connectivity index (χ1v) is 7.39. The molecule has 0 aliphatic carbocycles. The molecule has 0 radical (unpaired) electrons. The van der Waals surface area contributed by atoms with Crippen LogP contribution in [-0.4, -0.2) is 20.3 Å². The summed E-state index contributed by atoms with van der Waals surface area (Å²) in [6.45, 7) is 13.6. The summed E-state index contributed by atoms with van der Waals surface area (Å²) in [7, 11) is 1.68. The van der Waals surface area contributed by atoms with E-state index in [0.29, 0.717) is 17.9 Å². The summed E-state index contributed by atoms with van der Waals surface area (Å²) in [5.41, 5.74) is 1.55. The molecule has 1 aromatic rings. The molecule has 0 fully saturated rings. The van der Waals surface area contributed by atoms with Crippen molar-refractivity contribution in [3.8, 4) is 11.5 Å². The molecular formula is C17H29NO2. The van der Waals surface area contributed by atoms with Gasteiger partial charge in [0.15, 0.2) is 11.5 Å². The summed E-state index contributed by atoms with van der Waals surface area (Å²) < 4.78 is 10.9. The molecule has 3 heteroatoms. The minimum Gasteiger partial charge on any atom is -0.493 e. The second-order valence-electron chi connectivity index (χ2n) is 6.32. The third-order valence-electron chi connectivity index (χ3n) is 3.79. The predicted molar refractivity (Wildman–Crippen MR) is 84.5 cm³/mol. The van der Waals surface area contributed by atoms with Crippen molar-refractivity contribution in [2.24, 2.45) is 11.3 Å². The van der Waals surface area contributed by atoms with E-state index in [0.717, 1.165) is 24.6 Å². The molecule has 20 heavy (non-hydrogen) atoms. The first kappa shape index (κ1) is 16.8. The van der Waals surface area contributed by atoms with E-state index >= 15 is 0 Å². The molecule has 114 valence electrons. The number of ether oxygens (including phenoxy) is 2. The van der Waals surface area contributed by atoms with Gasteiger partial charge < -0.3 is 14.8 Å². The normalized spacial score (nSPS) is 13.1. The molecule has 0 aliphatic heterocycles. The second-order valence-corrected chi connectivity index (χ2v) is 6.32. The highest BCUT2D eigenvalue weighted by atomic mass is 16.5. The lowest BCUT2D eigenvalue weighted by molar-refractivity contribution is 0.252. The molecule has 0 aromatic heterocycles. The standard InChI is InChI=1S/C17H29NO2/c1-7-20-15-9-8-14(10-16(15)19-6)12-18-11-13(2)17(3,4)5/h8-10,13,18H,7,11-12H2,1-6H3. The Morgan fingerprint density at radius 3 is 2.45 bits per heavy atom. The van der Waals surface area contributed by atoms with Gasteiger partial charge in [-0.05, 0) is 42.5 Å². The van der Waals surface area contributed by atoms with Crippen molar-refractivity contribution >= 4 is 0 Å². The molecule has 3 nitrogen and oxygen atoms in total. The Kier molecular flexibility index (Phi) is 6.34. The molecule has 0 heterocycles. The fourth-order valence-corrected chi connectivity index (χ4v) is 1.84. The van der Waals surface area contributed by atoms with Gasteiger partial charge in [-0.25, -0.2) is 0 Å². The zero-order valence-electron chi connectivity index (χ0n) is 13.7. The van der Waals surface area contributed by atoms with Crippen molar-refractivity contribution in [3.05, 3.63) is 23.8 Å². The quantitative estimate of drug-likeness (QED) is 0.822. The average Bonchev–Trinajstić information content (AvgIpc) is 2.39. The maximum Gasteiger partial charge on any atom is 0.161 e. The molecule has 0 bridgehead atoms. The van der Waals surface area contributed by atoms with Crippen LogP contribution in [0.1, 0.15) is 40.2 Å². The van der Waals surface area contributed by atoms with Crippen molar-refractivity contribution in [1.29, 1.82) is 0 Å². The van der Waals surface area contributed by atoms with Gasteiger partial charge in [-0.2, -0.15) is 0 Å². The van der Waals surface area contributed by atoms with E-state index in [9.17, 15) is 0 Å². The molecule has 1 unspecified atom stereocenters. The van der Waals surface area contributed by atoms with Gasteiger partial charge in [-0.1, -0.05) is 33.8 Å². The molecule has 0 saturated heterocycles. The minimum atomic E-state index is 0.337. The first-order valence-electron chi connectivity index (χ1n) is 7.39. The van der Waals surface area contributed by atoms with Gasteiger partial charge in [-0.15, -0.1) is 0 Å². The lowest BCUT2D eigenvalue weighted by Crippen LogP contribution is -2.29. The summed E-state index contributed by atoms with van der Waals surface area (Å²) in [6.07, 6.45) is 0. The summed E-state index contributed by atoms with van der Waals surface area (Å²) in [6, 6.07) is 6.11. The molecule has 0 aliphatic rings. The molecule has 0 saturated carbocycles. The van der Waals surface area contributed by atoms with Crippen LogP contribution in [-0.2, 0) is 6.54 Å².